The van der Waals surface area contributed by atoms with E-state index in [4.69, 9.17) is 20.4 Å². The summed E-state index contributed by atoms with van der Waals surface area (Å²) in [5.41, 5.74) is 0. The number of furan rings is 1. The molecule has 1 aromatic carbocycles. The van der Waals surface area contributed by atoms with Crippen LogP contribution in [0.25, 0.3) is 11.7 Å². The number of rotatable bonds is 4. The van der Waals surface area contributed by atoms with Gasteiger partial charge in [0.05, 0.1) is 11.2 Å². The van der Waals surface area contributed by atoms with Crippen LogP contribution in [0.3, 0.4) is 0 Å². The van der Waals surface area contributed by atoms with E-state index in [0.717, 1.165) is 38.8 Å². The van der Waals surface area contributed by atoms with Gasteiger partial charge in [-0.15, -0.1) is 0 Å². The number of hydrogen-bond donors (Lipinski definition) is 0. The van der Waals surface area contributed by atoms with Gasteiger partial charge in [-0.1, -0.05) is 24.4 Å². The van der Waals surface area contributed by atoms with Crippen LogP contribution in [0.2, 0.25) is 5.02 Å². The zero-order chi connectivity index (χ0) is 18.9. The number of anilines is 1. The van der Waals surface area contributed by atoms with Gasteiger partial charge < -0.3 is 13.7 Å². The lowest BCUT2D eigenvalue weighted by molar-refractivity contribution is 0.507. The molecule has 1 aliphatic rings. The third kappa shape index (κ3) is 3.61. The second kappa shape index (κ2) is 7.40. The van der Waals surface area contributed by atoms with Crippen LogP contribution in [-0.2, 0) is 9.84 Å². The van der Waals surface area contributed by atoms with Crippen molar-refractivity contribution in [2.45, 2.75) is 35.6 Å². The number of sulfone groups is 1. The first-order chi connectivity index (χ1) is 13.1. The molecule has 8 heteroatoms. The van der Waals surface area contributed by atoms with Gasteiger partial charge in [-0.05, 0) is 49.2 Å². The van der Waals surface area contributed by atoms with Gasteiger partial charge in [-0.25, -0.2) is 8.42 Å². The van der Waals surface area contributed by atoms with Gasteiger partial charge in [-0.3, -0.25) is 0 Å². The van der Waals surface area contributed by atoms with Crippen molar-refractivity contribution in [3.05, 3.63) is 47.7 Å². The fraction of sp³-hybridized carbons (Fsp3) is 0.316. The summed E-state index contributed by atoms with van der Waals surface area (Å²) >= 11 is 5.90. The number of halogens is 1. The second-order valence-corrected chi connectivity index (χ2v) is 8.77. The molecule has 0 amide bonds. The van der Waals surface area contributed by atoms with Gasteiger partial charge in [0.25, 0.3) is 5.89 Å². The largest absolute Gasteiger partial charge is 0.459 e. The number of oxazole rings is 1. The van der Waals surface area contributed by atoms with Gasteiger partial charge in [-0.2, -0.15) is 4.98 Å². The van der Waals surface area contributed by atoms with E-state index in [1.165, 1.54) is 18.4 Å². The van der Waals surface area contributed by atoms with Crippen molar-refractivity contribution < 1.29 is 17.3 Å². The Morgan fingerprint density at radius 1 is 1.00 bits per heavy atom. The summed E-state index contributed by atoms with van der Waals surface area (Å²) in [7, 11) is -3.86. The monoisotopic (exact) mass is 406 g/mol. The quantitative estimate of drug-likeness (QED) is 0.619. The molecule has 1 aliphatic heterocycles. The van der Waals surface area contributed by atoms with E-state index in [1.807, 2.05) is 4.90 Å². The molecule has 2 aromatic heterocycles. The molecule has 3 heterocycles. The predicted octanol–water partition coefficient (Wildman–Crippen LogP) is 4.80. The van der Waals surface area contributed by atoms with Crippen molar-refractivity contribution in [2.75, 3.05) is 18.0 Å². The van der Waals surface area contributed by atoms with Gasteiger partial charge in [0.15, 0.2) is 5.76 Å². The van der Waals surface area contributed by atoms with Crippen molar-refractivity contribution in [3.63, 3.8) is 0 Å². The summed E-state index contributed by atoms with van der Waals surface area (Å²) in [5, 5.41) is 0.385. The normalized spacial score (nSPS) is 15.7. The summed E-state index contributed by atoms with van der Waals surface area (Å²) in [5.74, 6) is 0.827. The standard InChI is InChI=1S/C19H19ClN2O4S/c20-14-7-9-15(10-8-14)27(23,24)18-19(22-11-3-1-2-4-12-22)26-17(21-18)16-6-5-13-25-16/h5-10,13H,1-4,11-12H2. The lowest BCUT2D eigenvalue weighted by Gasteiger charge is -2.19. The fourth-order valence-electron chi connectivity index (χ4n) is 3.18. The van der Waals surface area contributed by atoms with Crippen LogP contribution in [0.15, 0.2) is 61.4 Å². The molecule has 0 bridgehead atoms. The zero-order valence-electron chi connectivity index (χ0n) is 14.6. The first-order valence-corrected chi connectivity index (χ1v) is 10.7. The van der Waals surface area contributed by atoms with Gasteiger partial charge >= 0.3 is 0 Å². The van der Waals surface area contributed by atoms with Crippen LogP contribution in [0.5, 0.6) is 0 Å². The molecule has 0 unspecified atom stereocenters. The number of aromatic nitrogens is 1. The maximum absolute atomic E-state index is 13.3. The first-order valence-electron chi connectivity index (χ1n) is 8.86. The topological polar surface area (TPSA) is 76.5 Å². The Kier molecular flexibility index (Phi) is 4.97. The lowest BCUT2D eigenvalue weighted by Crippen LogP contribution is -2.25. The zero-order valence-corrected chi connectivity index (χ0v) is 16.2. The van der Waals surface area contributed by atoms with Crippen molar-refractivity contribution in [2.24, 2.45) is 0 Å². The van der Waals surface area contributed by atoms with Crippen LogP contribution in [0, 0.1) is 0 Å². The summed E-state index contributed by atoms with van der Waals surface area (Å²) in [6.07, 6.45) is 5.71. The Labute approximate surface area is 162 Å². The second-order valence-electron chi connectivity index (χ2n) is 6.47. The molecule has 142 valence electrons. The molecular weight excluding hydrogens is 388 g/mol. The van der Waals surface area contributed by atoms with Crippen molar-refractivity contribution in [3.8, 4) is 11.7 Å². The molecule has 0 N–H and O–H groups in total. The average molecular weight is 407 g/mol. The molecule has 0 spiro atoms. The van der Waals surface area contributed by atoms with E-state index in [1.54, 1.807) is 24.3 Å². The van der Waals surface area contributed by atoms with E-state index in [9.17, 15) is 8.42 Å². The summed E-state index contributed by atoms with van der Waals surface area (Å²) in [4.78, 5) is 6.40. The van der Waals surface area contributed by atoms with Crippen molar-refractivity contribution in [1.82, 2.24) is 4.98 Å². The van der Waals surface area contributed by atoms with Crippen LogP contribution in [0.1, 0.15) is 25.7 Å². The highest BCUT2D eigenvalue weighted by atomic mass is 35.5. The summed E-state index contributed by atoms with van der Waals surface area (Å²) in [6, 6.07) is 9.45. The molecule has 6 nitrogen and oxygen atoms in total. The molecular formula is C19H19ClN2O4S. The minimum absolute atomic E-state index is 0.0851. The molecule has 1 fully saturated rings. The van der Waals surface area contributed by atoms with Crippen LogP contribution in [0.4, 0.5) is 5.88 Å². The summed E-state index contributed by atoms with van der Waals surface area (Å²) in [6.45, 7) is 1.46. The average Bonchev–Trinajstić information content (AvgIpc) is 3.27. The molecule has 1 saturated heterocycles. The third-order valence-electron chi connectivity index (χ3n) is 4.58. The third-order valence-corrected chi connectivity index (χ3v) is 6.50. The van der Waals surface area contributed by atoms with Crippen LogP contribution in [-0.4, -0.2) is 26.5 Å². The number of nitrogens with zero attached hydrogens (tertiary/aromatic N) is 2. The van der Waals surface area contributed by atoms with Gasteiger partial charge in [0, 0.05) is 18.1 Å². The molecule has 27 heavy (non-hydrogen) atoms. The minimum atomic E-state index is -3.86. The Bertz CT molecular complexity index is 1000. The first kappa shape index (κ1) is 18.1. The maximum Gasteiger partial charge on any atom is 0.266 e. The van der Waals surface area contributed by atoms with Crippen molar-refractivity contribution >= 4 is 27.3 Å². The van der Waals surface area contributed by atoms with E-state index in [2.05, 4.69) is 4.98 Å². The van der Waals surface area contributed by atoms with E-state index < -0.39 is 9.84 Å². The van der Waals surface area contributed by atoms with Gasteiger partial charge in [0.2, 0.25) is 20.7 Å². The molecule has 0 radical (unpaired) electrons. The Hall–Kier alpha value is -2.25. The smallest absolute Gasteiger partial charge is 0.266 e. The minimum Gasteiger partial charge on any atom is -0.459 e. The van der Waals surface area contributed by atoms with E-state index >= 15 is 0 Å². The van der Waals surface area contributed by atoms with Crippen LogP contribution >= 0.6 is 11.6 Å². The Morgan fingerprint density at radius 2 is 1.70 bits per heavy atom. The summed E-state index contributed by atoms with van der Waals surface area (Å²) < 4.78 is 37.8. The van der Waals surface area contributed by atoms with E-state index in [0.29, 0.717) is 10.8 Å². The number of hydrogen-bond acceptors (Lipinski definition) is 6. The SMILES string of the molecule is O=S(=O)(c1ccc(Cl)cc1)c1nc(-c2ccco2)oc1N1CCCCCC1. The van der Waals surface area contributed by atoms with E-state index in [-0.39, 0.29) is 21.7 Å². The van der Waals surface area contributed by atoms with Crippen molar-refractivity contribution in [1.29, 1.82) is 0 Å². The highest BCUT2D eigenvalue weighted by Crippen LogP contribution is 2.36. The lowest BCUT2D eigenvalue weighted by atomic mass is 10.2. The molecule has 0 saturated carbocycles. The fourth-order valence-corrected chi connectivity index (χ4v) is 4.63. The molecule has 0 aliphatic carbocycles. The Balaban J connectivity index is 1.83. The maximum atomic E-state index is 13.3. The highest BCUT2D eigenvalue weighted by molar-refractivity contribution is 7.91. The predicted molar refractivity (Wildman–Crippen MR) is 102 cm³/mol. The van der Waals surface area contributed by atoms with Crippen LogP contribution < -0.4 is 4.90 Å². The molecule has 4 rings (SSSR count). The molecule has 3 aromatic rings. The Morgan fingerprint density at radius 3 is 2.33 bits per heavy atom. The highest BCUT2D eigenvalue weighted by Gasteiger charge is 2.32. The van der Waals surface area contributed by atoms with Gasteiger partial charge in [0.1, 0.15) is 0 Å². The number of benzene rings is 1. The molecule has 0 atom stereocenters.